The summed E-state index contributed by atoms with van der Waals surface area (Å²) < 4.78 is 5.33. The molecule has 0 bridgehead atoms. The summed E-state index contributed by atoms with van der Waals surface area (Å²) in [6.07, 6.45) is 0.450. The third kappa shape index (κ3) is 8.84. The Bertz CT molecular complexity index is 341. The molecule has 1 rings (SSSR count). The van der Waals surface area contributed by atoms with Gasteiger partial charge in [0.15, 0.2) is 5.96 Å². The van der Waals surface area contributed by atoms with Crippen molar-refractivity contribution in [2.75, 3.05) is 52.5 Å². The summed E-state index contributed by atoms with van der Waals surface area (Å²) in [7, 11) is 0. The zero-order chi connectivity index (χ0) is 16.2. The molecule has 0 unspecified atom stereocenters. The Morgan fingerprint density at radius 3 is 2.64 bits per heavy atom. The molecule has 0 spiro atoms. The van der Waals surface area contributed by atoms with Crippen LogP contribution in [0.25, 0.3) is 0 Å². The van der Waals surface area contributed by atoms with Gasteiger partial charge in [-0.2, -0.15) is 0 Å². The second-order valence-corrected chi connectivity index (χ2v) is 5.61. The molecular weight excluding hydrogens is 282 g/mol. The van der Waals surface area contributed by atoms with Gasteiger partial charge in [-0.25, -0.2) is 0 Å². The minimum absolute atomic E-state index is 0.0617. The molecule has 1 heterocycles. The third-order valence-electron chi connectivity index (χ3n) is 3.23. The van der Waals surface area contributed by atoms with Gasteiger partial charge in [0.2, 0.25) is 5.91 Å². The van der Waals surface area contributed by atoms with Crippen molar-refractivity contribution >= 4 is 11.9 Å². The molecule has 1 amide bonds. The summed E-state index contributed by atoms with van der Waals surface area (Å²) in [5, 5.41) is 9.27. The molecule has 0 atom stereocenters. The number of aliphatic imine (C=N–C) groups is 1. The zero-order valence-electron chi connectivity index (χ0n) is 14.2. The first-order valence-corrected chi connectivity index (χ1v) is 8.23. The van der Waals surface area contributed by atoms with Crippen LogP contribution in [0.3, 0.4) is 0 Å². The summed E-state index contributed by atoms with van der Waals surface area (Å²) in [4.78, 5) is 18.5. The smallest absolute Gasteiger partial charge is 0.221 e. The van der Waals surface area contributed by atoms with Gasteiger partial charge in [0, 0.05) is 45.2 Å². The molecule has 0 radical (unpaired) electrons. The maximum absolute atomic E-state index is 11.6. The van der Waals surface area contributed by atoms with Crippen LogP contribution in [-0.4, -0.2) is 75.3 Å². The van der Waals surface area contributed by atoms with E-state index in [1.54, 1.807) is 0 Å². The minimum atomic E-state index is 0.0617. The highest BCUT2D eigenvalue weighted by Gasteiger charge is 2.09. The van der Waals surface area contributed by atoms with Crippen molar-refractivity contribution in [1.29, 1.82) is 0 Å². The minimum Gasteiger partial charge on any atom is -0.379 e. The molecule has 128 valence electrons. The van der Waals surface area contributed by atoms with Crippen molar-refractivity contribution in [2.24, 2.45) is 4.99 Å². The van der Waals surface area contributed by atoms with Crippen LogP contribution < -0.4 is 16.0 Å². The van der Waals surface area contributed by atoms with Crippen LogP contribution in [0.4, 0.5) is 0 Å². The number of nitrogens with one attached hydrogen (secondary N) is 3. The number of nitrogens with zero attached hydrogens (tertiary/aromatic N) is 2. The molecule has 1 fully saturated rings. The van der Waals surface area contributed by atoms with Gasteiger partial charge in [0.25, 0.3) is 0 Å². The van der Waals surface area contributed by atoms with Gasteiger partial charge in [-0.1, -0.05) is 0 Å². The van der Waals surface area contributed by atoms with E-state index in [2.05, 4.69) is 25.8 Å². The lowest BCUT2D eigenvalue weighted by Gasteiger charge is -2.25. The lowest BCUT2D eigenvalue weighted by atomic mass is 10.3. The van der Waals surface area contributed by atoms with Gasteiger partial charge >= 0.3 is 0 Å². The first-order chi connectivity index (χ1) is 10.6. The molecule has 7 nitrogen and oxygen atoms in total. The van der Waals surface area contributed by atoms with Gasteiger partial charge in [-0.3, -0.25) is 14.7 Å². The summed E-state index contributed by atoms with van der Waals surface area (Å²) in [5.41, 5.74) is 0. The number of amides is 1. The molecule has 1 aliphatic heterocycles. The van der Waals surface area contributed by atoms with E-state index in [1.807, 2.05) is 20.8 Å². The highest BCUT2D eigenvalue weighted by atomic mass is 16.5. The van der Waals surface area contributed by atoms with Crippen LogP contribution >= 0.6 is 0 Å². The maximum Gasteiger partial charge on any atom is 0.221 e. The van der Waals surface area contributed by atoms with Gasteiger partial charge in [-0.05, 0) is 20.8 Å². The van der Waals surface area contributed by atoms with Crippen molar-refractivity contribution in [2.45, 2.75) is 33.2 Å². The van der Waals surface area contributed by atoms with E-state index in [0.29, 0.717) is 13.0 Å². The van der Waals surface area contributed by atoms with E-state index in [4.69, 9.17) is 4.74 Å². The van der Waals surface area contributed by atoms with Crippen LogP contribution in [0.1, 0.15) is 27.2 Å². The predicted molar refractivity (Wildman–Crippen MR) is 89.1 cm³/mol. The molecule has 22 heavy (non-hydrogen) atoms. The monoisotopic (exact) mass is 313 g/mol. The van der Waals surface area contributed by atoms with Crippen molar-refractivity contribution in [1.82, 2.24) is 20.9 Å². The van der Waals surface area contributed by atoms with E-state index in [1.165, 1.54) is 0 Å². The number of morpholine rings is 1. The molecular formula is C15H31N5O2. The van der Waals surface area contributed by atoms with Crippen molar-refractivity contribution in [3.05, 3.63) is 0 Å². The molecule has 0 aromatic heterocycles. The highest BCUT2D eigenvalue weighted by Crippen LogP contribution is 1.95. The first-order valence-electron chi connectivity index (χ1n) is 8.23. The van der Waals surface area contributed by atoms with Crippen LogP contribution in [0.5, 0.6) is 0 Å². The van der Waals surface area contributed by atoms with Crippen molar-refractivity contribution in [3.8, 4) is 0 Å². The largest absolute Gasteiger partial charge is 0.379 e. The second kappa shape index (κ2) is 11.3. The van der Waals surface area contributed by atoms with Gasteiger partial charge in [-0.15, -0.1) is 0 Å². The Morgan fingerprint density at radius 2 is 2.00 bits per heavy atom. The van der Waals surface area contributed by atoms with Gasteiger partial charge in [0.05, 0.1) is 19.8 Å². The van der Waals surface area contributed by atoms with E-state index < -0.39 is 0 Å². The molecule has 0 aromatic carbocycles. The topological polar surface area (TPSA) is 78.0 Å². The Labute approximate surface area is 133 Å². The summed E-state index contributed by atoms with van der Waals surface area (Å²) in [6.45, 7) is 12.6. The van der Waals surface area contributed by atoms with Crippen LogP contribution in [0.15, 0.2) is 4.99 Å². The van der Waals surface area contributed by atoms with E-state index in [0.717, 1.165) is 51.9 Å². The molecule has 0 aliphatic carbocycles. The first kappa shape index (κ1) is 18.7. The van der Waals surface area contributed by atoms with Crippen LogP contribution in [0, 0.1) is 0 Å². The summed E-state index contributed by atoms with van der Waals surface area (Å²) in [5.74, 6) is 0.833. The zero-order valence-corrected chi connectivity index (χ0v) is 14.2. The fourth-order valence-electron chi connectivity index (χ4n) is 2.16. The van der Waals surface area contributed by atoms with Gasteiger partial charge < -0.3 is 20.7 Å². The fourth-order valence-corrected chi connectivity index (χ4v) is 2.16. The summed E-state index contributed by atoms with van der Waals surface area (Å²) >= 11 is 0. The molecule has 1 saturated heterocycles. The highest BCUT2D eigenvalue weighted by molar-refractivity contribution is 5.81. The van der Waals surface area contributed by atoms with Crippen LogP contribution in [-0.2, 0) is 9.53 Å². The molecule has 3 N–H and O–H groups in total. The Hall–Kier alpha value is -1.34. The number of carbonyl (C=O) groups is 1. The van der Waals surface area contributed by atoms with Gasteiger partial charge in [0.1, 0.15) is 0 Å². The lowest BCUT2D eigenvalue weighted by Crippen LogP contribution is -2.41. The normalized spacial score (nSPS) is 16.6. The standard InChI is InChI=1S/C15H31N5O2/c1-4-16-15(17-6-5-14(21)19-13(2)3)18-7-8-20-9-11-22-12-10-20/h13H,4-12H2,1-3H3,(H,19,21)(H2,16,17,18). The number of rotatable bonds is 8. The summed E-state index contributed by atoms with van der Waals surface area (Å²) in [6, 6.07) is 0.183. The maximum atomic E-state index is 11.6. The number of hydrogen-bond acceptors (Lipinski definition) is 4. The molecule has 0 saturated carbocycles. The Kier molecular flexibility index (Phi) is 9.57. The SMILES string of the molecule is CCNC(=NCCN1CCOCC1)NCCC(=O)NC(C)C. The number of hydrogen-bond donors (Lipinski definition) is 3. The van der Waals surface area contributed by atoms with E-state index in [-0.39, 0.29) is 11.9 Å². The quantitative estimate of drug-likeness (QED) is 0.427. The number of carbonyl (C=O) groups excluding carboxylic acids is 1. The lowest BCUT2D eigenvalue weighted by molar-refractivity contribution is -0.121. The number of ether oxygens (including phenoxy) is 1. The van der Waals surface area contributed by atoms with Crippen molar-refractivity contribution < 1.29 is 9.53 Å². The average Bonchev–Trinajstić information content (AvgIpc) is 2.47. The number of guanidine groups is 1. The predicted octanol–water partition coefficient (Wildman–Crippen LogP) is -0.212. The van der Waals surface area contributed by atoms with E-state index >= 15 is 0 Å². The van der Waals surface area contributed by atoms with E-state index in [9.17, 15) is 4.79 Å². The molecule has 1 aliphatic rings. The van der Waals surface area contributed by atoms with Crippen LogP contribution in [0.2, 0.25) is 0 Å². The third-order valence-corrected chi connectivity index (χ3v) is 3.23. The Morgan fingerprint density at radius 1 is 1.27 bits per heavy atom. The molecule has 7 heteroatoms. The molecule has 0 aromatic rings. The average molecular weight is 313 g/mol. The van der Waals surface area contributed by atoms with Crippen molar-refractivity contribution in [3.63, 3.8) is 0 Å². The Balaban J connectivity index is 2.24. The second-order valence-electron chi connectivity index (χ2n) is 5.61. The fraction of sp³-hybridized carbons (Fsp3) is 0.867.